The molecule has 4 aromatic rings. The molecule has 1 aromatic heterocycles. The molecule has 0 aliphatic carbocycles. The Morgan fingerprint density at radius 2 is 1.77 bits per heavy atom. The van der Waals surface area contributed by atoms with E-state index in [9.17, 15) is 9.18 Å². The topological polar surface area (TPSA) is 63.9 Å². The summed E-state index contributed by atoms with van der Waals surface area (Å²) >= 11 is 3.44. The van der Waals surface area contributed by atoms with Crippen LogP contribution < -0.4 is 9.47 Å². The molecule has 1 fully saturated rings. The quantitative estimate of drug-likeness (QED) is 0.175. The van der Waals surface area contributed by atoms with E-state index in [0.29, 0.717) is 63.9 Å². The maximum Gasteiger partial charge on any atom is 0.399 e. The average molecular weight is 678 g/mol. The Balaban J connectivity index is 1.36. The summed E-state index contributed by atoms with van der Waals surface area (Å²) in [5, 5.41) is 9.53. The second-order valence-electron chi connectivity index (χ2n) is 11.4. The summed E-state index contributed by atoms with van der Waals surface area (Å²) in [4.78, 5) is 12.9. The first-order valence-electron chi connectivity index (χ1n) is 14.2. The van der Waals surface area contributed by atoms with Gasteiger partial charge in [-0.3, -0.25) is 4.79 Å². The van der Waals surface area contributed by atoms with Crippen LogP contribution in [0.15, 0.2) is 71.3 Å². The van der Waals surface area contributed by atoms with Gasteiger partial charge in [-0.15, -0.1) is 0 Å². The number of fused-ring (bicyclic) bond motifs is 1. The molecule has 5 rings (SSSR count). The van der Waals surface area contributed by atoms with Crippen molar-refractivity contribution < 1.29 is 36.9 Å². The van der Waals surface area contributed by atoms with Crippen molar-refractivity contribution in [3.8, 4) is 11.5 Å². The molecule has 1 unspecified atom stereocenters. The summed E-state index contributed by atoms with van der Waals surface area (Å²) in [5.41, 5.74) is -0.501. The summed E-state index contributed by atoms with van der Waals surface area (Å²) in [6.07, 6.45) is -2.40. The second-order valence-corrected chi connectivity index (χ2v) is 12.3. The van der Waals surface area contributed by atoms with Crippen molar-refractivity contribution in [3.63, 3.8) is 0 Å². The fourth-order valence-corrected chi connectivity index (χ4v) is 6.23. The van der Waals surface area contributed by atoms with Crippen LogP contribution >= 0.6 is 15.9 Å². The van der Waals surface area contributed by atoms with Gasteiger partial charge in [0.05, 0.1) is 20.1 Å². The first-order chi connectivity index (χ1) is 20.9. The lowest BCUT2D eigenvalue weighted by molar-refractivity contribution is -0.191. The lowest BCUT2D eigenvalue weighted by Gasteiger charge is -2.40. The molecule has 1 aliphatic heterocycles. The highest BCUT2D eigenvalue weighted by atomic mass is 79.9. The van der Waals surface area contributed by atoms with E-state index in [1.807, 2.05) is 4.90 Å². The number of aromatic nitrogens is 1. The zero-order chi connectivity index (χ0) is 31.6. The van der Waals surface area contributed by atoms with E-state index in [1.54, 1.807) is 59.2 Å². The van der Waals surface area contributed by atoms with Gasteiger partial charge in [0, 0.05) is 46.8 Å². The molecule has 44 heavy (non-hydrogen) atoms. The molecule has 1 aliphatic rings. The number of hydrogen-bond donors (Lipinski definition) is 1. The number of alkyl halides is 3. The number of halogens is 5. The lowest BCUT2D eigenvalue weighted by Crippen LogP contribution is -2.51. The third-order valence-electron chi connectivity index (χ3n) is 8.31. The highest BCUT2D eigenvalue weighted by molar-refractivity contribution is 9.10. The molecule has 0 spiro atoms. The molecule has 0 amide bonds. The van der Waals surface area contributed by atoms with Crippen LogP contribution in [0.5, 0.6) is 11.5 Å². The van der Waals surface area contributed by atoms with Gasteiger partial charge in [0.15, 0.2) is 11.5 Å². The van der Waals surface area contributed by atoms with Crippen molar-refractivity contribution in [3.05, 3.63) is 93.8 Å². The van der Waals surface area contributed by atoms with Gasteiger partial charge in [-0.25, -0.2) is 4.39 Å². The van der Waals surface area contributed by atoms with Crippen molar-refractivity contribution in [2.75, 3.05) is 26.7 Å². The van der Waals surface area contributed by atoms with Gasteiger partial charge in [-0.2, -0.15) is 13.2 Å². The molecule has 0 radical (unpaired) electrons. The molecule has 2 heterocycles. The van der Waals surface area contributed by atoms with Crippen LogP contribution in [0.25, 0.3) is 10.9 Å². The number of nitrogens with zero attached hydrogens (tertiary/aromatic N) is 2. The third-order valence-corrected chi connectivity index (χ3v) is 8.81. The van der Waals surface area contributed by atoms with Crippen LogP contribution in [0.3, 0.4) is 0 Å². The summed E-state index contributed by atoms with van der Waals surface area (Å²) in [7, 11) is 1.47. The highest BCUT2D eigenvalue weighted by Gasteiger charge is 2.54. The summed E-state index contributed by atoms with van der Waals surface area (Å²) in [5.74, 6) is -0.492. The van der Waals surface area contributed by atoms with Crippen LogP contribution in [0.1, 0.15) is 36.5 Å². The summed E-state index contributed by atoms with van der Waals surface area (Å²) < 4.78 is 73.6. The van der Waals surface area contributed by atoms with Gasteiger partial charge in [-0.05, 0) is 61.2 Å². The molecule has 3 aromatic carbocycles. The Morgan fingerprint density at radius 1 is 1.05 bits per heavy atom. The molecule has 6 nitrogen and oxygen atoms in total. The molecule has 0 saturated carbocycles. The predicted molar refractivity (Wildman–Crippen MR) is 163 cm³/mol. The van der Waals surface area contributed by atoms with Crippen LogP contribution in [0.4, 0.5) is 17.6 Å². The zero-order valence-electron chi connectivity index (χ0n) is 24.3. The van der Waals surface area contributed by atoms with Crippen molar-refractivity contribution in [1.82, 2.24) is 9.47 Å². The molecule has 1 N–H and O–H groups in total. The van der Waals surface area contributed by atoms with E-state index in [2.05, 4.69) is 15.9 Å². The first-order valence-corrected chi connectivity index (χ1v) is 15.0. The maximum absolute atomic E-state index is 15.0. The smallest absolute Gasteiger partial charge is 0.399 e. The van der Waals surface area contributed by atoms with Gasteiger partial charge >= 0.3 is 12.1 Å². The Morgan fingerprint density at radius 3 is 2.43 bits per heavy atom. The van der Waals surface area contributed by atoms with E-state index < -0.39 is 23.4 Å². The number of carboxylic acid groups (broad SMARTS) is 1. The standard InChI is InChI=1S/C33H33BrF4N2O4/c1-32(33(36,37)38,26-19-40(18-22-5-3-4-6-27(22)35)28-17-23(34)8-9-25(26)28)20-39-13-11-24(12-14-39)44-29-10-7-21(16-31(41)42)15-30(29)43-2/h3-10,15,17,19,24H,11-14,16,18,20H2,1-2H3,(H,41,42). The molecular weight excluding hydrogens is 644 g/mol. The Hall–Kier alpha value is -3.57. The monoisotopic (exact) mass is 676 g/mol. The van der Waals surface area contributed by atoms with Gasteiger partial charge in [0.2, 0.25) is 0 Å². The Bertz CT molecular complexity index is 1650. The highest BCUT2D eigenvalue weighted by Crippen LogP contribution is 2.46. The predicted octanol–water partition coefficient (Wildman–Crippen LogP) is 7.59. The third kappa shape index (κ3) is 6.73. The molecule has 234 valence electrons. The van der Waals surface area contributed by atoms with Gasteiger partial charge in [0.1, 0.15) is 17.3 Å². The van der Waals surface area contributed by atoms with Crippen molar-refractivity contribution >= 4 is 32.8 Å². The van der Waals surface area contributed by atoms with Crippen molar-refractivity contribution in [2.24, 2.45) is 0 Å². The van der Waals surface area contributed by atoms with Gasteiger partial charge in [-0.1, -0.05) is 46.3 Å². The minimum atomic E-state index is -4.56. The fourth-order valence-electron chi connectivity index (χ4n) is 5.88. The van der Waals surface area contributed by atoms with Crippen LogP contribution in [-0.4, -0.2) is 59.6 Å². The van der Waals surface area contributed by atoms with Gasteiger partial charge < -0.3 is 24.0 Å². The maximum atomic E-state index is 15.0. The second kappa shape index (κ2) is 12.8. The normalized spacial score (nSPS) is 16.2. The largest absolute Gasteiger partial charge is 0.493 e. The van der Waals surface area contributed by atoms with Crippen molar-refractivity contribution in [1.29, 1.82) is 0 Å². The van der Waals surface area contributed by atoms with E-state index in [-0.39, 0.29) is 31.2 Å². The summed E-state index contributed by atoms with van der Waals surface area (Å²) in [6.45, 7) is 1.88. The van der Waals surface area contributed by atoms with Crippen molar-refractivity contribution in [2.45, 2.75) is 50.4 Å². The lowest BCUT2D eigenvalue weighted by atomic mass is 9.80. The number of methoxy groups -OCH3 is 1. The van der Waals surface area contributed by atoms with E-state index in [4.69, 9.17) is 14.6 Å². The SMILES string of the molecule is COc1cc(CC(=O)O)ccc1OC1CCN(CC(C)(c2cn(Cc3ccccc3F)c3cc(Br)ccc23)C(F)(F)F)CC1. The number of hydrogen-bond acceptors (Lipinski definition) is 4. The molecular formula is C33H33BrF4N2O4. The fraction of sp³-hybridized carbons (Fsp3) is 0.364. The minimum Gasteiger partial charge on any atom is -0.493 e. The molecule has 11 heteroatoms. The number of carbonyl (C=O) groups is 1. The zero-order valence-corrected chi connectivity index (χ0v) is 25.9. The number of aliphatic carboxylic acids is 1. The van der Waals surface area contributed by atoms with Crippen LogP contribution in [0, 0.1) is 5.82 Å². The molecule has 1 atom stereocenters. The molecule has 0 bridgehead atoms. The number of ether oxygens (including phenoxy) is 2. The average Bonchev–Trinajstić information content (AvgIpc) is 3.32. The first kappa shape index (κ1) is 31.8. The molecule has 1 saturated heterocycles. The Kier molecular flexibility index (Phi) is 9.27. The van der Waals surface area contributed by atoms with Crippen LogP contribution in [0.2, 0.25) is 0 Å². The summed E-state index contributed by atoms with van der Waals surface area (Å²) in [6, 6.07) is 16.4. The number of likely N-dealkylation sites (tertiary alicyclic amines) is 1. The Labute approximate surface area is 261 Å². The minimum absolute atomic E-state index is 0.0943. The van der Waals surface area contributed by atoms with E-state index >= 15 is 13.2 Å². The van der Waals surface area contributed by atoms with E-state index in [1.165, 1.54) is 26.3 Å². The van der Waals surface area contributed by atoms with Crippen LogP contribution in [-0.2, 0) is 23.2 Å². The number of benzene rings is 3. The number of carboxylic acids is 1. The number of rotatable bonds is 10. The van der Waals surface area contributed by atoms with E-state index in [0.717, 1.165) is 0 Å². The van der Waals surface area contributed by atoms with Gasteiger partial charge in [0.25, 0.3) is 0 Å². The number of piperidine rings is 1.